The zero-order valence-electron chi connectivity index (χ0n) is 12.3. The van der Waals surface area contributed by atoms with Gasteiger partial charge in [-0.1, -0.05) is 25.1 Å². The Balaban J connectivity index is 1.83. The maximum absolute atomic E-state index is 12.9. The van der Waals surface area contributed by atoms with Gasteiger partial charge >= 0.3 is 0 Å². The monoisotopic (exact) mass is 272 g/mol. The van der Waals surface area contributed by atoms with Crippen LogP contribution in [0.1, 0.15) is 31.7 Å². The average Bonchev–Trinajstić information content (AvgIpc) is 2.69. The van der Waals surface area contributed by atoms with Gasteiger partial charge in [-0.3, -0.25) is 4.79 Å². The number of hydrogen-bond donors (Lipinski definition) is 1. The van der Waals surface area contributed by atoms with Gasteiger partial charge in [0.05, 0.1) is 5.92 Å². The number of rotatable bonds is 1. The van der Waals surface area contributed by atoms with Crippen molar-refractivity contribution in [1.82, 2.24) is 5.32 Å². The van der Waals surface area contributed by atoms with Crippen LogP contribution in [0.5, 0.6) is 0 Å². The first-order valence-electron chi connectivity index (χ1n) is 7.85. The summed E-state index contributed by atoms with van der Waals surface area (Å²) in [6, 6.07) is 8.41. The van der Waals surface area contributed by atoms with E-state index >= 15 is 0 Å². The molecule has 2 aliphatic rings. The Morgan fingerprint density at radius 2 is 2.10 bits per heavy atom. The smallest absolute Gasteiger partial charge is 0.231 e. The van der Waals surface area contributed by atoms with Crippen molar-refractivity contribution in [2.75, 3.05) is 24.5 Å². The van der Waals surface area contributed by atoms with Gasteiger partial charge in [-0.25, -0.2) is 0 Å². The van der Waals surface area contributed by atoms with Gasteiger partial charge in [0.2, 0.25) is 5.91 Å². The summed E-state index contributed by atoms with van der Waals surface area (Å²) in [6.07, 6.45) is 4.40. The van der Waals surface area contributed by atoms with Crippen LogP contribution in [0, 0.1) is 11.8 Å². The first-order chi connectivity index (χ1) is 9.75. The zero-order valence-corrected chi connectivity index (χ0v) is 12.3. The lowest BCUT2D eigenvalue weighted by Crippen LogP contribution is -2.45. The van der Waals surface area contributed by atoms with Crippen LogP contribution in [0.3, 0.4) is 0 Å². The molecule has 1 amide bonds. The average molecular weight is 272 g/mol. The third-order valence-corrected chi connectivity index (χ3v) is 4.55. The second-order valence-corrected chi connectivity index (χ2v) is 6.27. The predicted octanol–water partition coefficient (Wildman–Crippen LogP) is 2.60. The molecule has 1 aromatic rings. The van der Waals surface area contributed by atoms with Crippen molar-refractivity contribution >= 4 is 11.6 Å². The standard InChI is InChI=1S/C17H24N2O/c1-13-10-15(12-18-11-13)17(20)19-9-5-4-7-14-6-2-3-8-16(14)19/h2-3,6,8,13,15,18H,4-5,7,9-12H2,1H3. The van der Waals surface area contributed by atoms with E-state index in [1.807, 2.05) is 11.0 Å². The van der Waals surface area contributed by atoms with Crippen molar-refractivity contribution in [2.45, 2.75) is 32.6 Å². The molecule has 20 heavy (non-hydrogen) atoms. The molecule has 3 rings (SSSR count). The van der Waals surface area contributed by atoms with E-state index in [-0.39, 0.29) is 5.92 Å². The molecule has 2 heterocycles. The summed E-state index contributed by atoms with van der Waals surface area (Å²) in [6.45, 7) is 4.98. The fraction of sp³-hybridized carbons (Fsp3) is 0.588. The fourth-order valence-corrected chi connectivity index (χ4v) is 3.49. The van der Waals surface area contributed by atoms with Crippen molar-refractivity contribution < 1.29 is 4.79 Å². The summed E-state index contributed by atoms with van der Waals surface area (Å²) in [5.41, 5.74) is 2.48. The summed E-state index contributed by atoms with van der Waals surface area (Å²) in [7, 11) is 0. The lowest BCUT2D eigenvalue weighted by molar-refractivity contribution is -0.123. The Bertz CT molecular complexity index is 486. The molecule has 1 aromatic carbocycles. The molecular formula is C17H24N2O. The van der Waals surface area contributed by atoms with Crippen molar-refractivity contribution in [3.8, 4) is 0 Å². The Morgan fingerprint density at radius 1 is 1.25 bits per heavy atom. The van der Waals surface area contributed by atoms with E-state index < -0.39 is 0 Å². The Labute approximate surface area is 121 Å². The van der Waals surface area contributed by atoms with Gasteiger partial charge in [-0.2, -0.15) is 0 Å². The van der Waals surface area contributed by atoms with E-state index in [1.54, 1.807) is 0 Å². The van der Waals surface area contributed by atoms with Crippen LogP contribution in [-0.2, 0) is 11.2 Å². The number of piperidine rings is 1. The minimum absolute atomic E-state index is 0.143. The zero-order chi connectivity index (χ0) is 13.9. The highest BCUT2D eigenvalue weighted by atomic mass is 16.2. The van der Waals surface area contributed by atoms with E-state index in [4.69, 9.17) is 0 Å². The number of para-hydroxylation sites is 1. The number of nitrogens with zero attached hydrogens (tertiary/aromatic N) is 1. The third-order valence-electron chi connectivity index (χ3n) is 4.55. The number of aryl methyl sites for hydroxylation is 1. The molecule has 3 heteroatoms. The summed E-state index contributed by atoms with van der Waals surface area (Å²) >= 11 is 0. The van der Waals surface area contributed by atoms with Crippen LogP contribution in [-0.4, -0.2) is 25.5 Å². The topological polar surface area (TPSA) is 32.3 Å². The number of nitrogens with one attached hydrogen (secondary N) is 1. The molecule has 0 bridgehead atoms. The molecule has 1 saturated heterocycles. The van der Waals surface area contributed by atoms with E-state index in [0.717, 1.165) is 44.6 Å². The summed E-state index contributed by atoms with van der Waals surface area (Å²) in [5.74, 6) is 1.06. The molecule has 0 spiro atoms. The number of benzene rings is 1. The number of anilines is 1. The largest absolute Gasteiger partial charge is 0.316 e. The first kappa shape index (κ1) is 13.6. The van der Waals surface area contributed by atoms with Gasteiger partial charge in [0.15, 0.2) is 0 Å². The van der Waals surface area contributed by atoms with E-state index in [2.05, 4.69) is 30.4 Å². The minimum atomic E-state index is 0.143. The van der Waals surface area contributed by atoms with Gasteiger partial charge < -0.3 is 10.2 Å². The molecular weight excluding hydrogens is 248 g/mol. The maximum Gasteiger partial charge on any atom is 0.231 e. The van der Waals surface area contributed by atoms with Gasteiger partial charge in [0.1, 0.15) is 0 Å². The molecule has 0 aromatic heterocycles. The van der Waals surface area contributed by atoms with Crippen LogP contribution in [0.25, 0.3) is 0 Å². The lowest BCUT2D eigenvalue weighted by atomic mass is 9.90. The van der Waals surface area contributed by atoms with Crippen LogP contribution in [0.4, 0.5) is 5.69 Å². The Kier molecular flexibility index (Phi) is 4.06. The first-order valence-corrected chi connectivity index (χ1v) is 7.85. The molecule has 0 aliphatic carbocycles. The molecule has 2 aliphatic heterocycles. The second-order valence-electron chi connectivity index (χ2n) is 6.27. The normalized spacial score (nSPS) is 26.8. The van der Waals surface area contributed by atoms with Crippen LogP contribution < -0.4 is 10.2 Å². The molecule has 3 nitrogen and oxygen atoms in total. The quantitative estimate of drug-likeness (QED) is 0.852. The van der Waals surface area contributed by atoms with E-state index in [9.17, 15) is 4.79 Å². The number of fused-ring (bicyclic) bond motifs is 1. The number of amides is 1. The van der Waals surface area contributed by atoms with Crippen molar-refractivity contribution in [3.63, 3.8) is 0 Å². The minimum Gasteiger partial charge on any atom is -0.316 e. The van der Waals surface area contributed by atoms with Crippen molar-refractivity contribution in [3.05, 3.63) is 29.8 Å². The van der Waals surface area contributed by atoms with Gasteiger partial charge in [0, 0.05) is 18.8 Å². The van der Waals surface area contributed by atoms with Gasteiger partial charge in [-0.15, -0.1) is 0 Å². The van der Waals surface area contributed by atoms with E-state index in [0.29, 0.717) is 11.8 Å². The van der Waals surface area contributed by atoms with Crippen LogP contribution in [0.15, 0.2) is 24.3 Å². The lowest BCUT2D eigenvalue weighted by Gasteiger charge is -2.32. The summed E-state index contributed by atoms with van der Waals surface area (Å²) < 4.78 is 0. The number of carbonyl (C=O) groups is 1. The SMILES string of the molecule is CC1CNCC(C(=O)N2CCCCc3ccccc32)C1. The van der Waals surface area contributed by atoms with Gasteiger partial charge in [-0.05, 0) is 49.8 Å². The molecule has 0 radical (unpaired) electrons. The Hall–Kier alpha value is -1.35. The number of hydrogen-bond acceptors (Lipinski definition) is 2. The second kappa shape index (κ2) is 5.96. The number of carbonyl (C=O) groups excluding carboxylic acids is 1. The van der Waals surface area contributed by atoms with Crippen molar-refractivity contribution in [2.24, 2.45) is 11.8 Å². The molecule has 0 saturated carbocycles. The van der Waals surface area contributed by atoms with Gasteiger partial charge in [0.25, 0.3) is 0 Å². The van der Waals surface area contributed by atoms with Crippen LogP contribution in [0.2, 0.25) is 0 Å². The maximum atomic E-state index is 12.9. The molecule has 1 N–H and O–H groups in total. The van der Waals surface area contributed by atoms with Crippen molar-refractivity contribution in [1.29, 1.82) is 0 Å². The van der Waals surface area contributed by atoms with Crippen LogP contribution >= 0.6 is 0 Å². The molecule has 1 fully saturated rings. The highest BCUT2D eigenvalue weighted by molar-refractivity contribution is 5.96. The third kappa shape index (κ3) is 2.73. The highest BCUT2D eigenvalue weighted by Crippen LogP contribution is 2.29. The molecule has 2 unspecified atom stereocenters. The predicted molar refractivity (Wildman–Crippen MR) is 81.9 cm³/mol. The summed E-state index contributed by atoms with van der Waals surface area (Å²) in [5, 5.41) is 3.40. The fourth-order valence-electron chi connectivity index (χ4n) is 3.49. The molecule has 108 valence electrons. The summed E-state index contributed by atoms with van der Waals surface area (Å²) in [4.78, 5) is 14.9. The molecule has 2 atom stereocenters. The highest BCUT2D eigenvalue weighted by Gasteiger charge is 2.30. The van der Waals surface area contributed by atoms with E-state index in [1.165, 1.54) is 12.0 Å². The Morgan fingerprint density at radius 3 is 2.95 bits per heavy atom.